The number of aryl methyl sites for hydroxylation is 1. The number of rotatable bonds is 3. The summed E-state index contributed by atoms with van der Waals surface area (Å²) >= 11 is 0. The number of hydrogen-bond acceptors (Lipinski definition) is 2. The Morgan fingerprint density at radius 1 is 1.60 bits per heavy atom. The maximum atomic E-state index is 4.63. The highest BCUT2D eigenvalue weighted by atomic mass is 15.3. The van der Waals surface area contributed by atoms with Crippen molar-refractivity contribution in [2.45, 2.75) is 39.7 Å². The molecule has 0 saturated carbocycles. The molecule has 0 spiro atoms. The van der Waals surface area contributed by atoms with Gasteiger partial charge in [-0.25, -0.2) is 0 Å². The van der Waals surface area contributed by atoms with Crippen LogP contribution in [-0.4, -0.2) is 22.9 Å². The van der Waals surface area contributed by atoms with Gasteiger partial charge in [-0.15, -0.1) is 0 Å². The molecule has 1 N–H and O–H groups in total. The lowest BCUT2D eigenvalue weighted by Gasteiger charge is -2.27. The van der Waals surface area contributed by atoms with Crippen LogP contribution in [0.1, 0.15) is 38.8 Å². The van der Waals surface area contributed by atoms with Gasteiger partial charge in [-0.05, 0) is 24.8 Å². The summed E-state index contributed by atoms with van der Waals surface area (Å²) < 4.78 is 2.02. The molecule has 3 heteroatoms. The Morgan fingerprint density at radius 3 is 3.00 bits per heavy atom. The Hall–Kier alpha value is -0.830. The van der Waals surface area contributed by atoms with Gasteiger partial charge in [0.2, 0.25) is 0 Å². The molecule has 1 fully saturated rings. The third-order valence-electron chi connectivity index (χ3n) is 3.87. The molecule has 0 unspecified atom stereocenters. The van der Waals surface area contributed by atoms with E-state index in [9.17, 15) is 0 Å². The van der Waals surface area contributed by atoms with Crippen LogP contribution in [0.5, 0.6) is 0 Å². The van der Waals surface area contributed by atoms with E-state index in [-0.39, 0.29) is 0 Å². The Bertz CT molecular complexity index is 331. The SMILES string of the molecule is CCn1ccc([C@H]2CNC[C@]2(C)CC)n1. The first-order valence-electron chi connectivity index (χ1n) is 5.93. The van der Waals surface area contributed by atoms with E-state index in [1.807, 2.05) is 4.68 Å². The highest BCUT2D eigenvalue weighted by Gasteiger charge is 2.39. The lowest BCUT2D eigenvalue weighted by molar-refractivity contribution is 0.303. The number of nitrogens with one attached hydrogen (secondary N) is 1. The zero-order valence-electron chi connectivity index (χ0n) is 9.95. The van der Waals surface area contributed by atoms with Crippen molar-refractivity contribution in [2.75, 3.05) is 13.1 Å². The van der Waals surface area contributed by atoms with Gasteiger partial charge in [0, 0.05) is 31.7 Å². The standard InChI is InChI=1S/C12H21N3/c1-4-12(3)9-13-8-10(12)11-6-7-15(5-2)14-11/h6-7,10,13H,4-5,8-9H2,1-3H3/t10-,12+/m1/s1. The van der Waals surface area contributed by atoms with Crippen LogP contribution in [0.2, 0.25) is 0 Å². The highest BCUT2D eigenvalue weighted by Crippen LogP contribution is 2.40. The summed E-state index contributed by atoms with van der Waals surface area (Å²) in [6, 6.07) is 2.18. The van der Waals surface area contributed by atoms with Gasteiger partial charge in [0.15, 0.2) is 0 Å². The highest BCUT2D eigenvalue weighted by molar-refractivity contribution is 5.15. The van der Waals surface area contributed by atoms with Crippen molar-refractivity contribution in [1.82, 2.24) is 15.1 Å². The molecule has 0 radical (unpaired) electrons. The van der Waals surface area contributed by atoms with E-state index in [4.69, 9.17) is 0 Å². The molecular formula is C12H21N3. The summed E-state index contributed by atoms with van der Waals surface area (Å²) in [5.41, 5.74) is 1.64. The topological polar surface area (TPSA) is 29.9 Å². The van der Waals surface area contributed by atoms with Gasteiger partial charge in [0.1, 0.15) is 0 Å². The first kappa shape index (κ1) is 10.7. The molecule has 15 heavy (non-hydrogen) atoms. The zero-order chi connectivity index (χ0) is 10.9. The van der Waals surface area contributed by atoms with Crippen LogP contribution in [0.3, 0.4) is 0 Å². The van der Waals surface area contributed by atoms with Crippen LogP contribution in [0.25, 0.3) is 0 Å². The minimum absolute atomic E-state index is 0.382. The molecule has 0 bridgehead atoms. The van der Waals surface area contributed by atoms with E-state index >= 15 is 0 Å². The fourth-order valence-corrected chi connectivity index (χ4v) is 2.44. The quantitative estimate of drug-likeness (QED) is 0.821. The fraction of sp³-hybridized carbons (Fsp3) is 0.750. The van der Waals surface area contributed by atoms with E-state index < -0.39 is 0 Å². The predicted octanol–water partition coefficient (Wildman–Crippen LogP) is 2.01. The summed E-state index contributed by atoms with van der Waals surface area (Å²) in [6.07, 6.45) is 3.30. The Kier molecular flexibility index (Phi) is 2.83. The average molecular weight is 207 g/mol. The van der Waals surface area contributed by atoms with Crippen molar-refractivity contribution in [3.8, 4) is 0 Å². The van der Waals surface area contributed by atoms with E-state index in [1.54, 1.807) is 0 Å². The van der Waals surface area contributed by atoms with Crippen LogP contribution >= 0.6 is 0 Å². The Labute approximate surface area is 91.9 Å². The molecule has 1 aromatic rings. The van der Waals surface area contributed by atoms with Crippen LogP contribution in [-0.2, 0) is 6.54 Å². The molecule has 1 aliphatic heterocycles. The van der Waals surface area contributed by atoms with Crippen LogP contribution < -0.4 is 5.32 Å². The van der Waals surface area contributed by atoms with Gasteiger partial charge in [0.05, 0.1) is 5.69 Å². The summed E-state index contributed by atoms with van der Waals surface area (Å²) in [4.78, 5) is 0. The van der Waals surface area contributed by atoms with Gasteiger partial charge in [-0.1, -0.05) is 13.8 Å². The van der Waals surface area contributed by atoms with Gasteiger partial charge in [-0.3, -0.25) is 4.68 Å². The summed E-state index contributed by atoms with van der Waals surface area (Å²) in [5, 5.41) is 8.12. The average Bonchev–Trinajstić information content (AvgIpc) is 2.84. The van der Waals surface area contributed by atoms with Crippen LogP contribution in [0.15, 0.2) is 12.3 Å². The minimum Gasteiger partial charge on any atom is -0.315 e. The molecule has 84 valence electrons. The molecular weight excluding hydrogens is 186 g/mol. The fourth-order valence-electron chi connectivity index (χ4n) is 2.44. The zero-order valence-corrected chi connectivity index (χ0v) is 9.95. The molecule has 2 heterocycles. The van der Waals surface area contributed by atoms with E-state index in [0.717, 1.165) is 19.6 Å². The Morgan fingerprint density at radius 2 is 2.40 bits per heavy atom. The molecule has 1 saturated heterocycles. The summed E-state index contributed by atoms with van der Waals surface area (Å²) in [5.74, 6) is 0.579. The molecule has 1 aliphatic rings. The van der Waals surface area contributed by atoms with Crippen molar-refractivity contribution in [1.29, 1.82) is 0 Å². The van der Waals surface area contributed by atoms with Crippen LogP contribution in [0.4, 0.5) is 0 Å². The number of hydrogen-bond donors (Lipinski definition) is 1. The molecule has 3 nitrogen and oxygen atoms in total. The first-order chi connectivity index (χ1) is 7.19. The molecule has 0 amide bonds. The number of nitrogens with zero attached hydrogens (tertiary/aromatic N) is 2. The molecule has 0 aliphatic carbocycles. The Balaban J connectivity index is 2.22. The second-order valence-electron chi connectivity index (χ2n) is 4.79. The first-order valence-corrected chi connectivity index (χ1v) is 5.93. The normalized spacial score (nSPS) is 31.0. The lowest BCUT2D eigenvalue weighted by Crippen LogP contribution is -2.24. The lowest BCUT2D eigenvalue weighted by atomic mass is 9.76. The third kappa shape index (κ3) is 1.81. The van der Waals surface area contributed by atoms with Crippen LogP contribution in [0, 0.1) is 5.41 Å². The largest absolute Gasteiger partial charge is 0.315 e. The molecule has 1 aromatic heterocycles. The van der Waals surface area contributed by atoms with Crippen molar-refractivity contribution in [3.63, 3.8) is 0 Å². The van der Waals surface area contributed by atoms with Gasteiger partial charge in [-0.2, -0.15) is 5.10 Å². The minimum atomic E-state index is 0.382. The summed E-state index contributed by atoms with van der Waals surface area (Å²) in [7, 11) is 0. The molecule has 2 rings (SSSR count). The predicted molar refractivity (Wildman–Crippen MR) is 61.9 cm³/mol. The third-order valence-corrected chi connectivity index (χ3v) is 3.87. The van der Waals surface area contributed by atoms with Crippen molar-refractivity contribution in [3.05, 3.63) is 18.0 Å². The maximum Gasteiger partial charge on any atom is 0.0674 e. The molecule has 0 aromatic carbocycles. The monoisotopic (exact) mass is 207 g/mol. The van der Waals surface area contributed by atoms with E-state index in [2.05, 4.69) is 43.4 Å². The van der Waals surface area contributed by atoms with E-state index in [0.29, 0.717) is 11.3 Å². The number of aromatic nitrogens is 2. The van der Waals surface area contributed by atoms with Gasteiger partial charge in [0.25, 0.3) is 0 Å². The molecule has 2 atom stereocenters. The van der Waals surface area contributed by atoms with E-state index in [1.165, 1.54) is 12.1 Å². The maximum absolute atomic E-state index is 4.63. The second kappa shape index (κ2) is 3.97. The van der Waals surface area contributed by atoms with Crippen molar-refractivity contribution in [2.24, 2.45) is 5.41 Å². The second-order valence-corrected chi connectivity index (χ2v) is 4.79. The van der Waals surface area contributed by atoms with Crippen molar-refractivity contribution >= 4 is 0 Å². The van der Waals surface area contributed by atoms with Crippen molar-refractivity contribution < 1.29 is 0 Å². The van der Waals surface area contributed by atoms with Gasteiger partial charge >= 0.3 is 0 Å². The van der Waals surface area contributed by atoms with Gasteiger partial charge < -0.3 is 5.32 Å². The smallest absolute Gasteiger partial charge is 0.0674 e. The summed E-state index contributed by atoms with van der Waals surface area (Å²) in [6.45, 7) is 9.92.